The second kappa shape index (κ2) is 5.82. The lowest BCUT2D eigenvalue weighted by Crippen LogP contribution is -2.68. The highest BCUT2D eigenvalue weighted by Gasteiger charge is 2.63. The van der Waals surface area contributed by atoms with Crippen LogP contribution in [-0.2, 0) is 9.53 Å². The number of hydrogen-bond donors (Lipinski definition) is 1. The number of rotatable bonds is 6. The largest absolute Gasteiger partial charge is 0.461 e. The molecule has 1 unspecified atom stereocenters. The van der Waals surface area contributed by atoms with E-state index in [4.69, 9.17) is 4.74 Å². The van der Waals surface area contributed by atoms with E-state index in [1.807, 2.05) is 34.6 Å². The molecule has 0 aromatic heterocycles. The van der Waals surface area contributed by atoms with Crippen molar-refractivity contribution in [1.82, 2.24) is 0 Å². The third-order valence-corrected chi connectivity index (χ3v) is 4.73. The van der Waals surface area contributed by atoms with Crippen LogP contribution in [0.5, 0.6) is 0 Å². The Morgan fingerprint density at radius 3 is 2.16 bits per heavy atom. The fourth-order valence-corrected chi connectivity index (χ4v) is 3.56. The zero-order chi connectivity index (χ0) is 14.8. The lowest BCUT2D eigenvalue weighted by atomic mass is 9.51. The molecular weight excluding hydrogens is 240 g/mol. The van der Waals surface area contributed by atoms with Gasteiger partial charge in [-0.3, -0.25) is 4.79 Å². The Hall–Kier alpha value is -0.570. The zero-order valence-corrected chi connectivity index (χ0v) is 13.3. The molecule has 1 saturated carbocycles. The van der Waals surface area contributed by atoms with Gasteiger partial charge in [-0.2, -0.15) is 0 Å². The van der Waals surface area contributed by atoms with E-state index in [2.05, 4.69) is 6.92 Å². The molecule has 0 saturated heterocycles. The predicted octanol–water partition coefficient (Wildman–Crippen LogP) is 3.54. The summed E-state index contributed by atoms with van der Waals surface area (Å²) in [5.41, 5.74) is -0.690. The lowest BCUT2D eigenvalue weighted by Gasteiger charge is -2.60. The first kappa shape index (κ1) is 16.5. The molecule has 0 radical (unpaired) electrons. The van der Waals surface area contributed by atoms with Gasteiger partial charge in [0.25, 0.3) is 0 Å². The Labute approximate surface area is 117 Å². The summed E-state index contributed by atoms with van der Waals surface area (Å²) in [4.78, 5) is 12.3. The highest BCUT2D eigenvalue weighted by Crippen LogP contribution is 2.55. The Morgan fingerprint density at radius 2 is 1.74 bits per heavy atom. The van der Waals surface area contributed by atoms with E-state index >= 15 is 0 Å². The summed E-state index contributed by atoms with van der Waals surface area (Å²) in [6, 6.07) is 0. The van der Waals surface area contributed by atoms with Crippen LogP contribution in [0.1, 0.15) is 67.2 Å². The quantitative estimate of drug-likeness (QED) is 0.751. The van der Waals surface area contributed by atoms with Crippen molar-refractivity contribution in [2.75, 3.05) is 0 Å². The van der Waals surface area contributed by atoms with Gasteiger partial charge in [-0.25, -0.2) is 0 Å². The van der Waals surface area contributed by atoms with Crippen LogP contribution in [0.3, 0.4) is 0 Å². The maximum Gasteiger partial charge on any atom is 0.309 e. The van der Waals surface area contributed by atoms with Gasteiger partial charge in [0.15, 0.2) is 0 Å². The van der Waals surface area contributed by atoms with Crippen molar-refractivity contribution in [3.05, 3.63) is 0 Å². The van der Waals surface area contributed by atoms with Gasteiger partial charge < -0.3 is 9.84 Å². The second-order valence-electron chi connectivity index (χ2n) is 7.11. The van der Waals surface area contributed by atoms with Crippen LogP contribution >= 0.6 is 0 Å². The van der Waals surface area contributed by atoms with Crippen LogP contribution < -0.4 is 0 Å². The van der Waals surface area contributed by atoms with E-state index < -0.39 is 6.10 Å². The molecule has 1 aliphatic carbocycles. The number of esters is 1. The average Bonchev–Trinajstić information content (AvgIpc) is 2.35. The van der Waals surface area contributed by atoms with Gasteiger partial charge >= 0.3 is 5.97 Å². The van der Waals surface area contributed by atoms with Gasteiger partial charge in [-0.15, -0.1) is 0 Å². The molecule has 0 aromatic rings. The monoisotopic (exact) mass is 270 g/mol. The van der Waals surface area contributed by atoms with Crippen molar-refractivity contribution >= 4 is 5.97 Å². The Morgan fingerprint density at radius 1 is 1.21 bits per heavy atom. The molecule has 0 heterocycles. The van der Waals surface area contributed by atoms with E-state index in [1.54, 1.807) is 0 Å². The van der Waals surface area contributed by atoms with Crippen LogP contribution in [0, 0.1) is 16.7 Å². The number of aliphatic hydroxyl groups is 1. The van der Waals surface area contributed by atoms with E-state index in [-0.39, 0.29) is 28.8 Å². The lowest BCUT2D eigenvalue weighted by molar-refractivity contribution is -0.261. The van der Waals surface area contributed by atoms with Crippen LogP contribution in [-0.4, -0.2) is 23.3 Å². The van der Waals surface area contributed by atoms with Gasteiger partial charge in [-0.1, -0.05) is 54.4 Å². The molecule has 1 fully saturated rings. The number of unbranched alkanes of at least 4 members (excludes halogenated alkanes) is 1. The molecule has 0 aliphatic heterocycles. The van der Waals surface area contributed by atoms with Crippen LogP contribution in [0.2, 0.25) is 0 Å². The number of aliphatic hydroxyl groups excluding tert-OH is 1. The minimum Gasteiger partial charge on any atom is -0.461 e. The molecule has 1 N–H and O–H groups in total. The Kier molecular flexibility index (Phi) is 5.05. The summed E-state index contributed by atoms with van der Waals surface area (Å²) in [7, 11) is 0. The highest BCUT2D eigenvalue weighted by atomic mass is 16.6. The smallest absolute Gasteiger partial charge is 0.309 e. The van der Waals surface area contributed by atoms with E-state index in [1.165, 1.54) is 0 Å². The first-order valence-corrected chi connectivity index (χ1v) is 7.58. The molecule has 0 aromatic carbocycles. The number of ether oxygens (including phenoxy) is 1. The molecule has 19 heavy (non-hydrogen) atoms. The predicted molar refractivity (Wildman–Crippen MR) is 76.8 cm³/mol. The summed E-state index contributed by atoms with van der Waals surface area (Å²) in [5, 5.41) is 10.1. The third-order valence-electron chi connectivity index (χ3n) is 4.73. The molecule has 3 heteroatoms. The van der Waals surface area contributed by atoms with Crippen LogP contribution in [0.15, 0.2) is 0 Å². The minimum absolute atomic E-state index is 0.00397. The van der Waals surface area contributed by atoms with Crippen LogP contribution in [0.25, 0.3) is 0 Å². The van der Waals surface area contributed by atoms with Gasteiger partial charge in [0.05, 0.1) is 12.0 Å². The maximum atomic E-state index is 12.3. The fraction of sp³-hybridized carbons (Fsp3) is 0.938. The zero-order valence-electron chi connectivity index (χ0n) is 13.3. The topological polar surface area (TPSA) is 46.5 Å². The van der Waals surface area contributed by atoms with Crippen molar-refractivity contribution in [3.8, 4) is 0 Å². The van der Waals surface area contributed by atoms with Crippen molar-refractivity contribution in [3.63, 3.8) is 0 Å². The molecule has 1 rings (SSSR count). The summed E-state index contributed by atoms with van der Waals surface area (Å²) >= 11 is 0. The summed E-state index contributed by atoms with van der Waals surface area (Å²) in [6.07, 6.45) is 3.28. The van der Waals surface area contributed by atoms with Crippen molar-refractivity contribution in [2.45, 2.75) is 79.4 Å². The molecule has 0 bridgehead atoms. The minimum atomic E-state index is -0.423. The van der Waals surface area contributed by atoms with E-state index in [0.29, 0.717) is 0 Å². The molecular formula is C16H30O3. The van der Waals surface area contributed by atoms with Gasteiger partial charge in [0.1, 0.15) is 6.10 Å². The fourth-order valence-electron chi connectivity index (χ4n) is 3.56. The summed E-state index contributed by atoms with van der Waals surface area (Å²) in [5.74, 6) is -0.0849. The average molecular weight is 270 g/mol. The molecule has 0 amide bonds. The number of carbonyl (C=O) groups excluding carboxylic acids is 1. The standard InChI is InChI=1S/C16H30O3/c1-7-9-10-11(8-2)12(17)19-14-15(3,4)13(18)16(14,5)6/h11,13-14,18H,7-10H2,1-6H3. The molecule has 1 aliphatic rings. The van der Waals surface area contributed by atoms with Crippen molar-refractivity contribution in [1.29, 1.82) is 0 Å². The highest BCUT2D eigenvalue weighted by molar-refractivity contribution is 5.72. The van der Waals surface area contributed by atoms with E-state index in [9.17, 15) is 9.90 Å². The summed E-state index contributed by atoms with van der Waals surface area (Å²) < 4.78 is 5.74. The molecule has 3 nitrogen and oxygen atoms in total. The van der Waals surface area contributed by atoms with Crippen molar-refractivity contribution in [2.24, 2.45) is 16.7 Å². The molecule has 1 atom stereocenters. The summed E-state index contributed by atoms with van der Waals surface area (Å²) in [6.45, 7) is 12.0. The second-order valence-corrected chi connectivity index (χ2v) is 7.11. The maximum absolute atomic E-state index is 12.3. The van der Waals surface area contributed by atoms with Crippen molar-refractivity contribution < 1.29 is 14.6 Å². The Bertz CT molecular complexity index is 304. The SMILES string of the molecule is CCCCC(CC)C(=O)OC1C(C)(C)C(O)C1(C)C. The van der Waals surface area contributed by atoms with Gasteiger partial charge in [0.2, 0.25) is 0 Å². The normalized spacial score (nSPS) is 29.4. The third kappa shape index (κ3) is 2.96. The van der Waals surface area contributed by atoms with Gasteiger partial charge in [0, 0.05) is 10.8 Å². The van der Waals surface area contributed by atoms with E-state index in [0.717, 1.165) is 25.7 Å². The molecule has 0 spiro atoms. The number of hydrogen-bond acceptors (Lipinski definition) is 3. The number of carbonyl (C=O) groups is 1. The first-order valence-electron chi connectivity index (χ1n) is 7.58. The molecule has 112 valence electrons. The van der Waals surface area contributed by atoms with Crippen LogP contribution in [0.4, 0.5) is 0 Å². The Balaban J connectivity index is 2.66. The van der Waals surface area contributed by atoms with Gasteiger partial charge in [-0.05, 0) is 12.8 Å². The first-order chi connectivity index (χ1) is 8.69.